The fourth-order valence-corrected chi connectivity index (χ4v) is 1.99. The van der Waals surface area contributed by atoms with Crippen LogP contribution in [0.2, 0.25) is 0 Å². The third-order valence-electron chi connectivity index (χ3n) is 2.86. The van der Waals surface area contributed by atoms with Crippen LogP contribution in [0.15, 0.2) is 29.4 Å². The predicted octanol–water partition coefficient (Wildman–Crippen LogP) is 3.72. The van der Waals surface area contributed by atoms with Gasteiger partial charge in [0, 0.05) is 15.8 Å². The number of nitrogens with one attached hydrogen (secondary N) is 1. The highest BCUT2D eigenvalue weighted by Gasteiger charge is 2.14. The van der Waals surface area contributed by atoms with Crippen LogP contribution in [-0.4, -0.2) is 17.6 Å². The number of nitrogens with zero attached hydrogens (tertiary/aromatic N) is 3. The van der Waals surface area contributed by atoms with Gasteiger partial charge in [0.15, 0.2) is 0 Å². The molecular formula is C13H14N4O2. The van der Waals surface area contributed by atoms with E-state index in [0.29, 0.717) is 12.3 Å². The molecule has 19 heavy (non-hydrogen) atoms. The largest absolute Gasteiger partial charge is 0.461 e. The van der Waals surface area contributed by atoms with Crippen molar-refractivity contribution >= 4 is 16.9 Å². The second kappa shape index (κ2) is 5.46. The minimum atomic E-state index is -0.388. The minimum absolute atomic E-state index is 0.303. The molecule has 98 valence electrons. The molecule has 0 spiro atoms. The van der Waals surface area contributed by atoms with Gasteiger partial charge < -0.3 is 9.72 Å². The van der Waals surface area contributed by atoms with E-state index >= 15 is 0 Å². The maximum Gasteiger partial charge on any atom is 0.354 e. The molecule has 1 heterocycles. The zero-order valence-corrected chi connectivity index (χ0v) is 10.8. The quantitative estimate of drug-likeness (QED) is 0.392. The van der Waals surface area contributed by atoms with Crippen LogP contribution in [-0.2, 0) is 4.74 Å². The van der Waals surface area contributed by atoms with E-state index in [2.05, 4.69) is 15.0 Å². The Labute approximate surface area is 110 Å². The van der Waals surface area contributed by atoms with Gasteiger partial charge in [-0.3, -0.25) is 0 Å². The van der Waals surface area contributed by atoms with E-state index < -0.39 is 0 Å². The lowest BCUT2D eigenvalue weighted by molar-refractivity contribution is 0.0520. The van der Waals surface area contributed by atoms with Crippen LogP contribution in [0.1, 0.15) is 35.9 Å². The summed E-state index contributed by atoms with van der Waals surface area (Å²) in [5.74, 6) is -0.388. The number of carbonyl (C=O) groups is 1. The molecule has 1 N–H and O–H groups in total. The molecule has 0 amide bonds. The highest BCUT2D eigenvalue weighted by molar-refractivity contribution is 5.95. The highest BCUT2D eigenvalue weighted by atomic mass is 16.5. The topological polar surface area (TPSA) is 90.8 Å². The monoisotopic (exact) mass is 258 g/mol. The maximum atomic E-state index is 11.7. The number of H-pyrrole nitrogens is 1. The van der Waals surface area contributed by atoms with Crippen molar-refractivity contribution in [3.63, 3.8) is 0 Å². The summed E-state index contributed by atoms with van der Waals surface area (Å²) in [6.45, 7) is 3.89. The summed E-state index contributed by atoms with van der Waals surface area (Å²) < 4.78 is 4.95. The van der Waals surface area contributed by atoms with Crippen molar-refractivity contribution in [2.75, 3.05) is 6.61 Å². The number of hydrogen-bond acceptors (Lipinski definition) is 3. The number of esters is 1. The van der Waals surface area contributed by atoms with Crippen LogP contribution in [0, 0.1) is 0 Å². The second-order valence-corrected chi connectivity index (χ2v) is 4.10. The molecule has 0 radical (unpaired) electrons. The molecule has 0 fully saturated rings. The smallest absolute Gasteiger partial charge is 0.354 e. The number of hydrogen-bond donors (Lipinski definition) is 1. The molecule has 0 aliphatic heterocycles. The summed E-state index contributed by atoms with van der Waals surface area (Å²) in [5, 5.41) is 4.57. The molecule has 6 nitrogen and oxygen atoms in total. The molecule has 0 saturated carbocycles. The number of fused-ring (bicyclic) bond motifs is 1. The number of carbonyl (C=O) groups excluding carboxylic acids is 1. The Morgan fingerprint density at radius 3 is 3.05 bits per heavy atom. The predicted molar refractivity (Wildman–Crippen MR) is 71.8 cm³/mol. The van der Waals surface area contributed by atoms with Crippen molar-refractivity contribution in [3.05, 3.63) is 46.0 Å². The number of rotatable bonds is 4. The number of aromatic nitrogens is 1. The molecular weight excluding hydrogens is 244 g/mol. The van der Waals surface area contributed by atoms with Gasteiger partial charge in [-0.25, -0.2) is 4.79 Å². The van der Waals surface area contributed by atoms with Crippen LogP contribution in [0.3, 0.4) is 0 Å². The van der Waals surface area contributed by atoms with Gasteiger partial charge in [-0.05, 0) is 24.1 Å². The van der Waals surface area contributed by atoms with Crippen LogP contribution < -0.4 is 0 Å². The SMILES string of the molecule is CCOC(=O)c1cc2cccc(C(C)N=[N+]=[N-])c2[nH]1. The van der Waals surface area contributed by atoms with E-state index in [-0.39, 0.29) is 12.0 Å². The van der Waals surface area contributed by atoms with E-state index in [1.54, 1.807) is 19.9 Å². The summed E-state index contributed by atoms with van der Waals surface area (Å²) in [6.07, 6.45) is 0. The molecule has 0 bridgehead atoms. The lowest BCUT2D eigenvalue weighted by Crippen LogP contribution is -2.04. The van der Waals surface area contributed by atoms with E-state index in [9.17, 15) is 4.79 Å². The van der Waals surface area contributed by atoms with Crippen molar-refractivity contribution in [2.24, 2.45) is 5.11 Å². The first-order valence-electron chi connectivity index (χ1n) is 6.00. The minimum Gasteiger partial charge on any atom is -0.461 e. The number of azide groups is 1. The number of benzene rings is 1. The normalized spacial score (nSPS) is 11.9. The molecule has 0 aliphatic carbocycles. The van der Waals surface area contributed by atoms with Crippen molar-refractivity contribution in [1.29, 1.82) is 0 Å². The molecule has 6 heteroatoms. The third-order valence-corrected chi connectivity index (χ3v) is 2.86. The van der Waals surface area contributed by atoms with Crippen molar-refractivity contribution in [1.82, 2.24) is 4.98 Å². The fourth-order valence-electron chi connectivity index (χ4n) is 1.99. The van der Waals surface area contributed by atoms with E-state index in [1.165, 1.54) is 0 Å². The Morgan fingerprint density at radius 2 is 2.37 bits per heavy atom. The lowest BCUT2D eigenvalue weighted by Gasteiger charge is -2.06. The summed E-state index contributed by atoms with van der Waals surface area (Å²) in [7, 11) is 0. The molecule has 0 aliphatic rings. The van der Waals surface area contributed by atoms with E-state index in [4.69, 9.17) is 10.3 Å². The molecule has 1 atom stereocenters. The van der Waals surface area contributed by atoms with Crippen LogP contribution in [0.4, 0.5) is 0 Å². The first-order chi connectivity index (χ1) is 9.17. The Morgan fingerprint density at radius 1 is 1.58 bits per heavy atom. The molecule has 2 rings (SSSR count). The molecule has 0 saturated heterocycles. The number of para-hydroxylation sites is 1. The number of aromatic amines is 1. The lowest BCUT2D eigenvalue weighted by atomic mass is 10.1. The van der Waals surface area contributed by atoms with Gasteiger partial charge in [-0.2, -0.15) is 0 Å². The molecule has 2 aromatic rings. The first-order valence-corrected chi connectivity index (χ1v) is 6.00. The number of ether oxygens (including phenoxy) is 1. The van der Waals surface area contributed by atoms with Gasteiger partial charge >= 0.3 is 5.97 Å². The first kappa shape index (κ1) is 13.0. The Hall–Kier alpha value is -2.46. The second-order valence-electron chi connectivity index (χ2n) is 4.10. The Balaban J connectivity index is 2.50. The van der Waals surface area contributed by atoms with Gasteiger partial charge in [-0.15, -0.1) is 0 Å². The van der Waals surface area contributed by atoms with Crippen LogP contribution in [0.5, 0.6) is 0 Å². The summed E-state index contributed by atoms with van der Waals surface area (Å²) in [6, 6.07) is 7.06. The van der Waals surface area contributed by atoms with Crippen molar-refractivity contribution in [3.8, 4) is 0 Å². The van der Waals surface area contributed by atoms with Crippen LogP contribution >= 0.6 is 0 Å². The average molecular weight is 258 g/mol. The van der Waals surface area contributed by atoms with E-state index in [0.717, 1.165) is 16.5 Å². The summed E-state index contributed by atoms with van der Waals surface area (Å²) in [4.78, 5) is 17.5. The Kier molecular flexibility index (Phi) is 3.73. The average Bonchev–Trinajstić information content (AvgIpc) is 2.82. The van der Waals surface area contributed by atoms with Crippen molar-refractivity contribution in [2.45, 2.75) is 19.9 Å². The summed E-state index contributed by atoms with van der Waals surface area (Å²) in [5.41, 5.74) is 10.6. The Bertz CT molecular complexity index is 656. The van der Waals surface area contributed by atoms with Gasteiger partial charge in [0.25, 0.3) is 0 Å². The molecule has 1 aromatic heterocycles. The third kappa shape index (κ3) is 2.53. The van der Waals surface area contributed by atoms with Gasteiger partial charge in [0.2, 0.25) is 0 Å². The fraction of sp³-hybridized carbons (Fsp3) is 0.308. The van der Waals surface area contributed by atoms with Gasteiger partial charge in [-0.1, -0.05) is 30.2 Å². The van der Waals surface area contributed by atoms with Gasteiger partial charge in [0.1, 0.15) is 5.69 Å². The van der Waals surface area contributed by atoms with Gasteiger partial charge in [0.05, 0.1) is 12.6 Å². The zero-order valence-electron chi connectivity index (χ0n) is 10.8. The van der Waals surface area contributed by atoms with E-state index in [1.807, 2.05) is 18.2 Å². The molecule has 1 aromatic carbocycles. The molecule has 1 unspecified atom stereocenters. The zero-order chi connectivity index (χ0) is 13.8. The van der Waals surface area contributed by atoms with Crippen molar-refractivity contribution < 1.29 is 9.53 Å². The maximum absolute atomic E-state index is 11.7. The summed E-state index contributed by atoms with van der Waals surface area (Å²) >= 11 is 0. The highest BCUT2D eigenvalue weighted by Crippen LogP contribution is 2.26. The standard InChI is InChI=1S/C13H14N4O2/c1-3-19-13(18)11-7-9-5-4-6-10(12(9)15-11)8(2)16-17-14/h4-8,15H,3H2,1-2H3. The van der Waals surface area contributed by atoms with Crippen LogP contribution in [0.25, 0.3) is 21.3 Å².